The zero-order valence-corrected chi connectivity index (χ0v) is 17.6. The molecule has 1 amide bonds. The Labute approximate surface area is 179 Å². The fourth-order valence-electron chi connectivity index (χ4n) is 3.62. The molecule has 1 atom stereocenters. The third-order valence-electron chi connectivity index (χ3n) is 5.13. The normalized spacial score (nSPS) is 13.6. The van der Waals surface area contributed by atoms with E-state index >= 15 is 0 Å². The number of aryl methyl sites for hydroxylation is 1. The molecule has 0 bridgehead atoms. The van der Waals surface area contributed by atoms with Crippen molar-refractivity contribution < 1.29 is 23.4 Å². The molecule has 0 saturated carbocycles. The van der Waals surface area contributed by atoms with E-state index in [-0.39, 0.29) is 24.2 Å². The first-order chi connectivity index (χ1) is 15.0. The molecular formula is C24H25NO6. The van der Waals surface area contributed by atoms with Crippen molar-refractivity contribution in [1.82, 2.24) is 5.32 Å². The number of benzene rings is 2. The molecule has 1 aliphatic rings. The molecule has 7 nitrogen and oxygen atoms in total. The number of fused-ring (bicyclic) bond motifs is 2. The van der Waals surface area contributed by atoms with Crippen molar-refractivity contribution in [1.29, 1.82) is 0 Å². The number of hydrogen-bond acceptors (Lipinski definition) is 6. The van der Waals surface area contributed by atoms with Gasteiger partial charge in [0.05, 0.1) is 6.04 Å². The van der Waals surface area contributed by atoms with Crippen molar-refractivity contribution >= 4 is 16.9 Å². The molecule has 2 aromatic carbocycles. The van der Waals surface area contributed by atoms with E-state index in [9.17, 15) is 9.59 Å². The summed E-state index contributed by atoms with van der Waals surface area (Å²) in [5, 5.41) is 3.79. The lowest BCUT2D eigenvalue weighted by Gasteiger charge is -2.21. The topological polar surface area (TPSA) is 87.0 Å². The van der Waals surface area contributed by atoms with Crippen LogP contribution in [0.1, 0.15) is 37.4 Å². The summed E-state index contributed by atoms with van der Waals surface area (Å²) in [6, 6.07) is 12.2. The quantitative estimate of drug-likeness (QED) is 0.582. The maximum atomic E-state index is 12.4. The predicted molar refractivity (Wildman–Crippen MR) is 116 cm³/mol. The third-order valence-corrected chi connectivity index (χ3v) is 5.13. The van der Waals surface area contributed by atoms with Crippen LogP contribution >= 0.6 is 0 Å². The lowest BCUT2D eigenvalue weighted by atomic mass is 10.1. The van der Waals surface area contributed by atoms with E-state index in [1.807, 2.05) is 31.2 Å². The van der Waals surface area contributed by atoms with Crippen LogP contribution in [0.15, 0.2) is 51.7 Å². The van der Waals surface area contributed by atoms with Gasteiger partial charge in [0.15, 0.2) is 18.1 Å². The Bertz CT molecular complexity index is 1150. The monoisotopic (exact) mass is 423 g/mol. The number of carbonyl (C=O) groups is 1. The highest BCUT2D eigenvalue weighted by Crippen LogP contribution is 2.32. The standard InChI is InChI=1S/C24H25NO6/c1-3-4-17-12-24(27)31-21-13-18(6-7-19(17)21)30-14-23(26)25-15(2)16-5-8-20-22(11-16)29-10-9-28-20/h5-8,11-13,15H,3-4,9-10,14H2,1-2H3,(H,25,26)/t15-/m1/s1. The van der Waals surface area contributed by atoms with Crippen molar-refractivity contribution in [3.8, 4) is 17.2 Å². The molecule has 7 heteroatoms. The van der Waals surface area contributed by atoms with Gasteiger partial charge in [-0.25, -0.2) is 4.79 Å². The Morgan fingerprint density at radius 3 is 2.71 bits per heavy atom. The van der Waals surface area contributed by atoms with E-state index in [4.69, 9.17) is 18.6 Å². The van der Waals surface area contributed by atoms with Gasteiger partial charge in [-0.05, 0) is 48.7 Å². The van der Waals surface area contributed by atoms with Gasteiger partial charge in [0.2, 0.25) is 0 Å². The van der Waals surface area contributed by atoms with E-state index in [1.165, 1.54) is 6.07 Å². The van der Waals surface area contributed by atoms with E-state index in [0.29, 0.717) is 36.0 Å². The number of hydrogen-bond donors (Lipinski definition) is 1. The van der Waals surface area contributed by atoms with Crippen molar-refractivity contribution in [2.45, 2.75) is 32.7 Å². The van der Waals surface area contributed by atoms with E-state index < -0.39 is 0 Å². The van der Waals surface area contributed by atoms with Crippen LogP contribution < -0.4 is 25.2 Å². The van der Waals surface area contributed by atoms with Gasteiger partial charge in [0.25, 0.3) is 5.91 Å². The van der Waals surface area contributed by atoms with Gasteiger partial charge < -0.3 is 23.9 Å². The lowest BCUT2D eigenvalue weighted by Crippen LogP contribution is -2.31. The number of amides is 1. The molecule has 1 aliphatic heterocycles. The van der Waals surface area contributed by atoms with Gasteiger partial charge in [0.1, 0.15) is 24.5 Å². The SMILES string of the molecule is CCCc1cc(=O)oc2cc(OCC(=O)N[C@H](C)c3ccc4c(c3)OCCO4)ccc12. The van der Waals surface area contributed by atoms with Gasteiger partial charge in [-0.1, -0.05) is 19.4 Å². The van der Waals surface area contributed by atoms with Gasteiger partial charge >= 0.3 is 5.63 Å². The molecular weight excluding hydrogens is 398 g/mol. The molecule has 1 aromatic heterocycles. The minimum absolute atomic E-state index is 0.153. The molecule has 0 fully saturated rings. The molecule has 3 aromatic rings. The molecule has 2 heterocycles. The molecule has 1 N–H and O–H groups in total. The molecule has 162 valence electrons. The van der Waals surface area contributed by atoms with Gasteiger partial charge in [-0.15, -0.1) is 0 Å². The van der Waals surface area contributed by atoms with Crippen LogP contribution in [0.2, 0.25) is 0 Å². The van der Waals surface area contributed by atoms with Crippen molar-refractivity contribution in [2.75, 3.05) is 19.8 Å². The Kier molecular flexibility index (Phi) is 6.11. The minimum atomic E-state index is -0.390. The second-order valence-electron chi connectivity index (χ2n) is 7.48. The molecule has 0 unspecified atom stereocenters. The fraction of sp³-hybridized carbons (Fsp3) is 0.333. The maximum Gasteiger partial charge on any atom is 0.336 e. The van der Waals surface area contributed by atoms with E-state index in [1.54, 1.807) is 12.1 Å². The summed E-state index contributed by atoms with van der Waals surface area (Å²) in [6.07, 6.45) is 1.72. The Morgan fingerprint density at radius 2 is 1.90 bits per heavy atom. The number of rotatable bonds is 7. The van der Waals surface area contributed by atoms with Crippen molar-refractivity contribution in [3.05, 3.63) is 64.0 Å². The first-order valence-corrected chi connectivity index (χ1v) is 10.4. The van der Waals surface area contributed by atoms with E-state index in [2.05, 4.69) is 12.2 Å². The van der Waals surface area contributed by atoms with Crippen molar-refractivity contribution in [2.24, 2.45) is 0 Å². The van der Waals surface area contributed by atoms with Crippen LogP contribution in [0.4, 0.5) is 0 Å². The summed E-state index contributed by atoms with van der Waals surface area (Å²) in [6.45, 7) is 4.84. The highest BCUT2D eigenvalue weighted by atomic mass is 16.6. The van der Waals surface area contributed by atoms with Crippen LogP contribution in [0.3, 0.4) is 0 Å². The molecule has 0 aliphatic carbocycles. The predicted octanol–water partition coefficient (Wildman–Crippen LogP) is 3.77. The summed E-state index contributed by atoms with van der Waals surface area (Å²) in [5.74, 6) is 1.60. The average molecular weight is 423 g/mol. The van der Waals surface area contributed by atoms with Crippen LogP contribution in [0, 0.1) is 0 Å². The van der Waals surface area contributed by atoms with Crippen LogP contribution in [0.25, 0.3) is 11.0 Å². The summed E-state index contributed by atoms with van der Waals surface area (Å²) in [4.78, 5) is 24.2. The first kappa shape index (κ1) is 20.8. The van der Waals surface area contributed by atoms with Gasteiger partial charge in [-0.3, -0.25) is 4.79 Å². The van der Waals surface area contributed by atoms with Crippen LogP contribution in [-0.4, -0.2) is 25.7 Å². The lowest BCUT2D eigenvalue weighted by molar-refractivity contribution is -0.123. The van der Waals surface area contributed by atoms with Crippen LogP contribution in [-0.2, 0) is 11.2 Å². The average Bonchev–Trinajstić information content (AvgIpc) is 2.77. The van der Waals surface area contributed by atoms with Gasteiger partial charge in [-0.2, -0.15) is 0 Å². The second kappa shape index (κ2) is 9.12. The third kappa shape index (κ3) is 4.82. The molecule has 0 radical (unpaired) electrons. The summed E-state index contributed by atoms with van der Waals surface area (Å²) < 4.78 is 22.1. The maximum absolute atomic E-state index is 12.4. The molecule has 31 heavy (non-hydrogen) atoms. The second-order valence-corrected chi connectivity index (χ2v) is 7.48. The highest BCUT2D eigenvalue weighted by molar-refractivity contribution is 5.82. The van der Waals surface area contributed by atoms with Gasteiger partial charge in [0, 0.05) is 17.5 Å². The largest absolute Gasteiger partial charge is 0.486 e. The fourth-order valence-corrected chi connectivity index (χ4v) is 3.62. The number of ether oxygens (including phenoxy) is 3. The minimum Gasteiger partial charge on any atom is -0.486 e. The van der Waals surface area contributed by atoms with Crippen molar-refractivity contribution in [3.63, 3.8) is 0 Å². The Balaban J connectivity index is 1.39. The zero-order chi connectivity index (χ0) is 21.8. The Hall–Kier alpha value is -3.48. The zero-order valence-electron chi connectivity index (χ0n) is 17.6. The summed E-state index contributed by atoms with van der Waals surface area (Å²) in [5.41, 5.74) is 1.93. The Morgan fingerprint density at radius 1 is 1.10 bits per heavy atom. The molecule has 4 rings (SSSR count). The van der Waals surface area contributed by atoms with Crippen LogP contribution in [0.5, 0.6) is 17.2 Å². The van der Waals surface area contributed by atoms with E-state index in [0.717, 1.165) is 29.4 Å². The molecule has 0 saturated heterocycles. The number of carbonyl (C=O) groups excluding carboxylic acids is 1. The summed E-state index contributed by atoms with van der Waals surface area (Å²) in [7, 11) is 0. The smallest absolute Gasteiger partial charge is 0.336 e. The first-order valence-electron chi connectivity index (χ1n) is 10.4. The number of nitrogens with one attached hydrogen (secondary N) is 1. The summed E-state index contributed by atoms with van der Waals surface area (Å²) >= 11 is 0. The molecule has 0 spiro atoms. The highest BCUT2D eigenvalue weighted by Gasteiger charge is 2.16.